The molecule has 1 saturated heterocycles. The molecule has 0 spiro atoms. The van der Waals surface area contributed by atoms with Gasteiger partial charge in [0, 0.05) is 0 Å². The molecule has 1 rings (SSSR count). The van der Waals surface area contributed by atoms with Crippen LogP contribution in [0.15, 0.2) is 0 Å². The fourth-order valence-electron chi connectivity index (χ4n) is 2.08. The predicted molar refractivity (Wildman–Crippen MR) is 70.3 cm³/mol. The minimum Gasteiger partial charge on any atom is -0.305 e. The van der Waals surface area contributed by atoms with Crippen molar-refractivity contribution in [2.45, 2.75) is 59.2 Å². The second-order valence-corrected chi connectivity index (χ2v) is 7.17. The molecule has 0 saturated carbocycles. The number of hydrogen-bond acceptors (Lipinski definition) is 4. The number of likely N-dealkylation sites (tertiary alicyclic amines) is 1. The van der Waals surface area contributed by atoms with Crippen LogP contribution in [0.1, 0.15) is 47.0 Å². The molecule has 1 fully saturated rings. The third-order valence-electron chi connectivity index (χ3n) is 2.56. The van der Waals surface area contributed by atoms with Crippen molar-refractivity contribution < 1.29 is 13.6 Å². The summed E-state index contributed by atoms with van der Waals surface area (Å²) in [5, 5.41) is 0. The van der Waals surface area contributed by atoms with Crippen LogP contribution in [0.25, 0.3) is 0 Å². The summed E-state index contributed by atoms with van der Waals surface area (Å²) in [6.45, 7) is 9.60. The highest BCUT2D eigenvalue weighted by Gasteiger charge is 2.30. The molecule has 4 nitrogen and oxygen atoms in total. The first-order valence-electron chi connectivity index (χ1n) is 6.59. The second kappa shape index (κ2) is 6.89. The van der Waals surface area contributed by atoms with Gasteiger partial charge in [0.2, 0.25) is 0 Å². The zero-order chi connectivity index (χ0) is 12.9. The Hall–Kier alpha value is 0.110. The Labute approximate surface area is 105 Å². The molecular formula is C12H26NO3P. The molecule has 0 aliphatic carbocycles. The van der Waals surface area contributed by atoms with E-state index in [1.165, 1.54) is 19.3 Å². The van der Waals surface area contributed by atoms with Gasteiger partial charge in [-0.15, -0.1) is 0 Å². The average molecular weight is 263 g/mol. The van der Waals surface area contributed by atoms with E-state index in [2.05, 4.69) is 4.90 Å². The quantitative estimate of drug-likeness (QED) is 0.688. The van der Waals surface area contributed by atoms with E-state index in [0.717, 1.165) is 13.1 Å². The Bertz CT molecular complexity index is 248. The van der Waals surface area contributed by atoms with Crippen molar-refractivity contribution in [3.8, 4) is 0 Å². The van der Waals surface area contributed by atoms with Crippen molar-refractivity contribution in [1.82, 2.24) is 4.90 Å². The minimum absolute atomic E-state index is 0.0654. The lowest BCUT2D eigenvalue weighted by atomic mass is 10.1. The standard InChI is InChI=1S/C12H26NO3P/c1-11(2)15-17(14,16-12(3)4)10-13-8-6-5-7-9-13/h11-12H,5-10H2,1-4H3. The van der Waals surface area contributed by atoms with Gasteiger partial charge in [-0.3, -0.25) is 9.46 Å². The molecule has 0 radical (unpaired) electrons. The van der Waals surface area contributed by atoms with Crippen LogP contribution < -0.4 is 0 Å². The van der Waals surface area contributed by atoms with Gasteiger partial charge >= 0.3 is 7.60 Å². The van der Waals surface area contributed by atoms with Crippen molar-refractivity contribution >= 4 is 7.60 Å². The van der Waals surface area contributed by atoms with Crippen LogP contribution in [0, 0.1) is 0 Å². The highest BCUT2D eigenvalue weighted by molar-refractivity contribution is 7.53. The molecule has 1 heterocycles. The van der Waals surface area contributed by atoms with Gasteiger partial charge in [0.1, 0.15) is 6.29 Å². The van der Waals surface area contributed by atoms with E-state index >= 15 is 0 Å². The van der Waals surface area contributed by atoms with E-state index in [1.807, 2.05) is 27.7 Å². The van der Waals surface area contributed by atoms with Gasteiger partial charge in [0.25, 0.3) is 0 Å². The molecule has 0 bridgehead atoms. The number of nitrogens with zero attached hydrogens (tertiary/aromatic N) is 1. The SMILES string of the molecule is CC(C)OP(=O)(CN1CCCCC1)OC(C)C. The fraction of sp³-hybridized carbons (Fsp3) is 1.00. The van der Waals surface area contributed by atoms with Gasteiger partial charge in [0.15, 0.2) is 0 Å². The largest absolute Gasteiger partial charge is 0.345 e. The third kappa shape index (κ3) is 6.01. The maximum Gasteiger partial charge on any atom is 0.345 e. The molecule has 1 aliphatic rings. The Morgan fingerprint density at radius 3 is 1.88 bits per heavy atom. The summed E-state index contributed by atoms with van der Waals surface area (Å²) >= 11 is 0. The zero-order valence-corrected chi connectivity index (χ0v) is 12.4. The average Bonchev–Trinajstić information content (AvgIpc) is 2.15. The Morgan fingerprint density at radius 2 is 1.47 bits per heavy atom. The number of rotatable bonds is 6. The van der Waals surface area contributed by atoms with Crippen molar-refractivity contribution in [3.05, 3.63) is 0 Å². The highest BCUT2D eigenvalue weighted by Crippen LogP contribution is 2.51. The topological polar surface area (TPSA) is 38.8 Å². The van der Waals surface area contributed by atoms with Crippen LogP contribution in [0.4, 0.5) is 0 Å². The zero-order valence-electron chi connectivity index (χ0n) is 11.5. The van der Waals surface area contributed by atoms with Crippen LogP contribution in [0.3, 0.4) is 0 Å². The monoisotopic (exact) mass is 263 g/mol. The molecule has 5 heteroatoms. The maximum absolute atomic E-state index is 12.6. The van der Waals surface area contributed by atoms with E-state index in [4.69, 9.17) is 9.05 Å². The lowest BCUT2D eigenvalue weighted by Crippen LogP contribution is -2.32. The molecule has 102 valence electrons. The molecule has 0 N–H and O–H groups in total. The van der Waals surface area contributed by atoms with E-state index in [9.17, 15) is 4.57 Å². The normalized spacial score (nSPS) is 19.2. The molecule has 0 amide bonds. The molecule has 0 atom stereocenters. The second-order valence-electron chi connectivity index (χ2n) is 5.24. The first-order chi connectivity index (χ1) is 7.91. The Balaban J connectivity index is 2.58. The van der Waals surface area contributed by atoms with Gasteiger partial charge in [0.05, 0.1) is 12.2 Å². The van der Waals surface area contributed by atoms with Gasteiger partial charge < -0.3 is 9.05 Å². The Morgan fingerprint density at radius 1 is 1.00 bits per heavy atom. The van der Waals surface area contributed by atoms with Crippen molar-refractivity contribution in [1.29, 1.82) is 0 Å². The molecule has 0 aromatic heterocycles. The summed E-state index contributed by atoms with van der Waals surface area (Å²) in [5.74, 6) is 0. The van der Waals surface area contributed by atoms with E-state index < -0.39 is 7.60 Å². The molecule has 1 aliphatic heterocycles. The van der Waals surface area contributed by atoms with Crippen LogP contribution in [-0.2, 0) is 13.6 Å². The molecule has 0 unspecified atom stereocenters. The van der Waals surface area contributed by atoms with Crippen LogP contribution >= 0.6 is 7.60 Å². The van der Waals surface area contributed by atoms with Gasteiger partial charge in [-0.25, -0.2) is 0 Å². The third-order valence-corrected chi connectivity index (χ3v) is 4.80. The van der Waals surface area contributed by atoms with Crippen molar-refractivity contribution in [2.75, 3.05) is 19.4 Å². The highest BCUT2D eigenvalue weighted by atomic mass is 31.2. The summed E-state index contributed by atoms with van der Waals surface area (Å²) in [7, 11) is -2.97. The summed E-state index contributed by atoms with van der Waals surface area (Å²) in [4.78, 5) is 2.20. The fourth-order valence-corrected chi connectivity index (χ4v) is 4.32. The van der Waals surface area contributed by atoms with Crippen molar-refractivity contribution in [3.63, 3.8) is 0 Å². The molecular weight excluding hydrogens is 237 g/mol. The van der Waals surface area contributed by atoms with E-state index in [0.29, 0.717) is 6.29 Å². The van der Waals surface area contributed by atoms with Gasteiger partial charge in [-0.2, -0.15) is 0 Å². The number of piperidine rings is 1. The summed E-state index contributed by atoms with van der Waals surface area (Å²) in [6.07, 6.45) is 3.95. The molecule has 0 aromatic carbocycles. The van der Waals surface area contributed by atoms with E-state index in [1.54, 1.807) is 0 Å². The minimum atomic E-state index is -2.97. The first-order valence-corrected chi connectivity index (χ1v) is 8.32. The summed E-state index contributed by atoms with van der Waals surface area (Å²) in [5.41, 5.74) is 0. The summed E-state index contributed by atoms with van der Waals surface area (Å²) < 4.78 is 23.7. The first kappa shape index (κ1) is 15.2. The Kier molecular flexibility index (Phi) is 6.14. The smallest absolute Gasteiger partial charge is 0.305 e. The lowest BCUT2D eigenvalue weighted by Gasteiger charge is -2.31. The van der Waals surface area contributed by atoms with Crippen LogP contribution in [0.2, 0.25) is 0 Å². The van der Waals surface area contributed by atoms with Gasteiger partial charge in [-0.05, 0) is 53.6 Å². The van der Waals surface area contributed by atoms with Crippen LogP contribution in [0.5, 0.6) is 0 Å². The van der Waals surface area contributed by atoms with Crippen molar-refractivity contribution in [2.24, 2.45) is 0 Å². The predicted octanol–water partition coefficient (Wildman–Crippen LogP) is 3.47. The molecule has 17 heavy (non-hydrogen) atoms. The maximum atomic E-state index is 12.6. The summed E-state index contributed by atoms with van der Waals surface area (Å²) in [6, 6.07) is 0. The van der Waals surface area contributed by atoms with Crippen LogP contribution in [-0.4, -0.2) is 36.5 Å². The molecule has 0 aromatic rings. The van der Waals surface area contributed by atoms with Gasteiger partial charge in [-0.1, -0.05) is 6.42 Å². The van der Waals surface area contributed by atoms with E-state index in [-0.39, 0.29) is 12.2 Å². The lowest BCUT2D eigenvalue weighted by molar-refractivity contribution is 0.126. The number of hydrogen-bond donors (Lipinski definition) is 0.